The standard InChI is InChI=1S/C12H8F3NO4/c1-19-9-4-6(2-3-8(9)12(13,14)15)10-7(11(17)18)5-16-20-10/h2-5H,1H3,(H,17,18). The third kappa shape index (κ3) is 2.44. The van der Waals surface area contributed by atoms with Crippen LogP contribution in [0.2, 0.25) is 0 Å². The van der Waals surface area contributed by atoms with Crippen LogP contribution >= 0.6 is 0 Å². The van der Waals surface area contributed by atoms with Crippen LogP contribution in [0.25, 0.3) is 11.3 Å². The predicted molar refractivity (Wildman–Crippen MR) is 60.5 cm³/mol. The van der Waals surface area contributed by atoms with Crippen molar-refractivity contribution in [2.45, 2.75) is 6.18 Å². The molecule has 0 atom stereocenters. The number of ether oxygens (including phenoxy) is 1. The van der Waals surface area contributed by atoms with Crippen molar-refractivity contribution in [1.82, 2.24) is 5.16 Å². The molecular formula is C12H8F3NO4. The number of rotatable bonds is 3. The maximum atomic E-state index is 12.7. The smallest absolute Gasteiger partial charge is 0.419 e. The van der Waals surface area contributed by atoms with Crippen LogP contribution in [0.5, 0.6) is 5.75 Å². The minimum atomic E-state index is -4.57. The van der Waals surface area contributed by atoms with Crippen LogP contribution in [0.1, 0.15) is 15.9 Å². The number of benzene rings is 1. The lowest BCUT2D eigenvalue weighted by molar-refractivity contribution is -0.138. The second-order valence-corrected chi connectivity index (χ2v) is 3.79. The van der Waals surface area contributed by atoms with Crippen LogP contribution in [-0.2, 0) is 6.18 Å². The molecule has 0 aliphatic heterocycles. The number of methoxy groups -OCH3 is 1. The number of halogens is 3. The molecule has 0 radical (unpaired) electrons. The van der Waals surface area contributed by atoms with Crippen LogP contribution in [0.3, 0.4) is 0 Å². The number of nitrogens with zero attached hydrogens (tertiary/aromatic N) is 1. The van der Waals surface area contributed by atoms with E-state index in [0.29, 0.717) is 0 Å². The molecule has 106 valence electrons. The Labute approximate surface area is 110 Å². The van der Waals surface area contributed by atoms with E-state index in [1.54, 1.807) is 0 Å². The SMILES string of the molecule is COc1cc(-c2oncc2C(=O)O)ccc1C(F)(F)F. The topological polar surface area (TPSA) is 72.6 Å². The van der Waals surface area contributed by atoms with Gasteiger partial charge in [0.15, 0.2) is 5.76 Å². The molecule has 20 heavy (non-hydrogen) atoms. The molecule has 5 nitrogen and oxygen atoms in total. The second kappa shape index (κ2) is 4.87. The molecule has 1 N–H and O–H groups in total. The predicted octanol–water partition coefficient (Wildman–Crippen LogP) is 3.07. The summed E-state index contributed by atoms with van der Waals surface area (Å²) in [5, 5.41) is 12.2. The average molecular weight is 287 g/mol. The van der Waals surface area contributed by atoms with Gasteiger partial charge in [0, 0.05) is 5.56 Å². The van der Waals surface area contributed by atoms with Gasteiger partial charge in [-0.25, -0.2) is 4.79 Å². The van der Waals surface area contributed by atoms with Gasteiger partial charge in [0.2, 0.25) is 0 Å². The highest BCUT2D eigenvalue weighted by atomic mass is 19.4. The zero-order valence-electron chi connectivity index (χ0n) is 10.1. The summed E-state index contributed by atoms with van der Waals surface area (Å²) >= 11 is 0. The van der Waals surface area contributed by atoms with Gasteiger partial charge in [0.25, 0.3) is 0 Å². The van der Waals surface area contributed by atoms with Gasteiger partial charge in [-0.15, -0.1) is 0 Å². The molecule has 2 aromatic rings. The van der Waals surface area contributed by atoms with E-state index < -0.39 is 23.5 Å². The van der Waals surface area contributed by atoms with E-state index in [-0.39, 0.29) is 16.9 Å². The van der Waals surface area contributed by atoms with Crippen molar-refractivity contribution in [1.29, 1.82) is 0 Å². The van der Waals surface area contributed by atoms with Gasteiger partial charge in [-0.1, -0.05) is 11.2 Å². The summed E-state index contributed by atoms with van der Waals surface area (Å²) in [5.74, 6) is -1.85. The molecule has 0 amide bonds. The first kappa shape index (κ1) is 13.9. The van der Waals surface area contributed by atoms with E-state index in [1.807, 2.05) is 0 Å². The number of aromatic nitrogens is 1. The fourth-order valence-corrected chi connectivity index (χ4v) is 1.67. The van der Waals surface area contributed by atoms with Gasteiger partial charge < -0.3 is 14.4 Å². The second-order valence-electron chi connectivity index (χ2n) is 3.79. The largest absolute Gasteiger partial charge is 0.496 e. The van der Waals surface area contributed by atoms with E-state index in [1.165, 1.54) is 0 Å². The molecule has 0 saturated carbocycles. The number of carboxylic acids is 1. The van der Waals surface area contributed by atoms with Crippen LogP contribution in [-0.4, -0.2) is 23.3 Å². The number of hydrogen-bond donors (Lipinski definition) is 1. The molecule has 2 rings (SSSR count). The van der Waals surface area contributed by atoms with Gasteiger partial charge in [-0.2, -0.15) is 13.2 Å². The Morgan fingerprint density at radius 3 is 2.65 bits per heavy atom. The lowest BCUT2D eigenvalue weighted by Gasteiger charge is -2.12. The number of carbonyl (C=O) groups is 1. The summed E-state index contributed by atoms with van der Waals surface area (Å²) in [6, 6.07) is 2.94. The number of carboxylic acid groups (broad SMARTS) is 1. The Bertz CT molecular complexity index is 648. The van der Waals surface area contributed by atoms with E-state index in [2.05, 4.69) is 9.89 Å². The first-order valence-corrected chi connectivity index (χ1v) is 5.28. The molecule has 8 heteroatoms. The molecule has 0 spiro atoms. The van der Waals surface area contributed by atoms with Crippen molar-refractivity contribution in [2.24, 2.45) is 0 Å². The first-order valence-electron chi connectivity index (χ1n) is 5.28. The molecule has 0 unspecified atom stereocenters. The lowest BCUT2D eigenvalue weighted by atomic mass is 10.1. The summed E-state index contributed by atoms with van der Waals surface area (Å²) < 4.78 is 47.6. The highest BCUT2D eigenvalue weighted by Crippen LogP contribution is 2.38. The molecular weight excluding hydrogens is 279 g/mol. The monoisotopic (exact) mass is 287 g/mol. The van der Waals surface area contributed by atoms with Crippen molar-refractivity contribution in [3.63, 3.8) is 0 Å². The molecule has 0 bridgehead atoms. The Balaban J connectivity index is 2.55. The fraction of sp³-hybridized carbons (Fsp3) is 0.167. The summed E-state index contributed by atoms with van der Waals surface area (Å²) in [5.41, 5.74) is -1.07. The Hall–Kier alpha value is -2.51. The van der Waals surface area contributed by atoms with Crippen LogP contribution < -0.4 is 4.74 Å². The first-order chi connectivity index (χ1) is 9.34. The zero-order valence-corrected chi connectivity index (χ0v) is 10.1. The lowest BCUT2D eigenvalue weighted by Crippen LogP contribution is -2.07. The fourth-order valence-electron chi connectivity index (χ4n) is 1.67. The van der Waals surface area contributed by atoms with Gasteiger partial charge in [-0.3, -0.25) is 0 Å². The molecule has 0 aliphatic rings. The highest BCUT2D eigenvalue weighted by molar-refractivity contribution is 5.94. The molecule has 0 aliphatic carbocycles. The minimum absolute atomic E-state index is 0.129. The molecule has 0 fully saturated rings. The van der Waals surface area contributed by atoms with E-state index in [4.69, 9.17) is 9.63 Å². The Morgan fingerprint density at radius 1 is 1.40 bits per heavy atom. The van der Waals surface area contributed by atoms with Gasteiger partial charge in [0.1, 0.15) is 11.3 Å². The third-order valence-corrected chi connectivity index (χ3v) is 2.57. The van der Waals surface area contributed by atoms with Crippen molar-refractivity contribution in [3.8, 4) is 17.1 Å². The van der Waals surface area contributed by atoms with Crippen LogP contribution in [0.15, 0.2) is 28.9 Å². The summed E-state index contributed by atoms with van der Waals surface area (Å²) in [4.78, 5) is 10.9. The summed E-state index contributed by atoms with van der Waals surface area (Å²) in [6.45, 7) is 0. The van der Waals surface area contributed by atoms with Gasteiger partial charge >= 0.3 is 12.1 Å². The average Bonchev–Trinajstić information content (AvgIpc) is 2.86. The zero-order chi connectivity index (χ0) is 14.9. The van der Waals surface area contributed by atoms with Crippen molar-refractivity contribution < 1.29 is 32.3 Å². The molecule has 1 aromatic heterocycles. The summed E-state index contributed by atoms with van der Waals surface area (Å²) in [7, 11) is 1.09. The number of aromatic carboxylic acids is 1. The van der Waals surface area contributed by atoms with E-state index in [0.717, 1.165) is 31.5 Å². The maximum absolute atomic E-state index is 12.7. The van der Waals surface area contributed by atoms with Crippen molar-refractivity contribution in [3.05, 3.63) is 35.5 Å². The van der Waals surface area contributed by atoms with Crippen molar-refractivity contribution in [2.75, 3.05) is 7.11 Å². The van der Waals surface area contributed by atoms with Crippen LogP contribution in [0.4, 0.5) is 13.2 Å². The number of alkyl halides is 3. The molecule has 1 aromatic carbocycles. The van der Waals surface area contributed by atoms with Crippen LogP contribution in [0, 0.1) is 0 Å². The summed E-state index contributed by atoms with van der Waals surface area (Å²) in [6.07, 6.45) is -3.59. The van der Waals surface area contributed by atoms with Crippen molar-refractivity contribution >= 4 is 5.97 Å². The Kier molecular flexibility index (Phi) is 3.39. The third-order valence-electron chi connectivity index (χ3n) is 2.57. The highest BCUT2D eigenvalue weighted by Gasteiger charge is 2.34. The van der Waals surface area contributed by atoms with Gasteiger partial charge in [0.05, 0.1) is 18.9 Å². The molecule has 1 heterocycles. The quantitative estimate of drug-likeness (QED) is 0.939. The minimum Gasteiger partial charge on any atom is -0.496 e. The van der Waals surface area contributed by atoms with Gasteiger partial charge in [-0.05, 0) is 12.1 Å². The van der Waals surface area contributed by atoms with E-state index in [9.17, 15) is 18.0 Å². The number of hydrogen-bond acceptors (Lipinski definition) is 4. The van der Waals surface area contributed by atoms with E-state index >= 15 is 0 Å². The molecule has 0 saturated heterocycles. The normalized spacial score (nSPS) is 11.4. The maximum Gasteiger partial charge on any atom is 0.419 e. The Morgan fingerprint density at radius 2 is 2.10 bits per heavy atom.